The van der Waals surface area contributed by atoms with Crippen LogP contribution < -0.4 is 9.47 Å². The van der Waals surface area contributed by atoms with Gasteiger partial charge in [0.1, 0.15) is 6.61 Å². The maximum Gasteiger partial charge on any atom is 0.161 e. The molecule has 0 saturated heterocycles. The molecule has 2 aromatic carbocycles. The molecule has 0 unspecified atom stereocenters. The zero-order chi connectivity index (χ0) is 25.2. The van der Waals surface area contributed by atoms with Gasteiger partial charge in [-0.1, -0.05) is 35.9 Å². The van der Waals surface area contributed by atoms with Gasteiger partial charge in [-0.2, -0.15) is 0 Å². The van der Waals surface area contributed by atoms with E-state index in [9.17, 15) is 9.59 Å². The SMILES string of the molecule is CCOc1cc(C2C3=C(CCCC3=O)N(CC)C3=C2C(=O)CCC3)ccc1OCc1ccc(C)cc1. The van der Waals surface area contributed by atoms with Crippen molar-refractivity contribution < 1.29 is 19.1 Å². The molecule has 0 amide bonds. The summed E-state index contributed by atoms with van der Waals surface area (Å²) < 4.78 is 12.2. The number of nitrogens with zero attached hydrogens (tertiary/aromatic N) is 1. The van der Waals surface area contributed by atoms with Gasteiger partial charge < -0.3 is 14.4 Å². The summed E-state index contributed by atoms with van der Waals surface area (Å²) in [7, 11) is 0. The van der Waals surface area contributed by atoms with Gasteiger partial charge in [-0.05, 0) is 69.7 Å². The lowest BCUT2D eigenvalue weighted by Crippen LogP contribution is -2.39. The van der Waals surface area contributed by atoms with Gasteiger partial charge >= 0.3 is 0 Å². The molecule has 0 atom stereocenters. The Morgan fingerprint density at radius 2 is 1.44 bits per heavy atom. The van der Waals surface area contributed by atoms with Gasteiger partial charge in [0.2, 0.25) is 0 Å². The minimum atomic E-state index is -0.330. The van der Waals surface area contributed by atoms with Crippen LogP contribution in [0.2, 0.25) is 0 Å². The van der Waals surface area contributed by atoms with Crippen LogP contribution in [0.5, 0.6) is 11.5 Å². The predicted molar refractivity (Wildman–Crippen MR) is 140 cm³/mol. The van der Waals surface area contributed by atoms with Gasteiger partial charge in [0.05, 0.1) is 6.61 Å². The summed E-state index contributed by atoms with van der Waals surface area (Å²) in [5.41, 5.74) is 7.09. The second-order valence-electron chi connectivity index (χ2n) is 9.86. The fraction of sp³-hybridized carbons (Fsp3) is 0.419. The molecule has 5 rings (SSSR count). The first-order chi connectivity index (χ1) is 17.5. The summed E-state index contributed by atoms with van der Waals surface area (Å²) in [6.45, 7) is 7.85. The smallest absolute Gasteiger partial charge is 0.161 e. The van der Waals surface area contributed by atoms with E-state index in [4.69, 9.17) is 9.47 Å². The Kier molecular flexibility index (Phi) is 6.99. The van der Waals surface area contributed by atoms with Crippen molar-refractivity contribution in [3.8, 4) is 11.5 Å². The third-order valence-electron chi connectivity index (χ3n) is 7.52. The Morgan fingerprint density at radius 1 is 0.806 bits per heavy atom. The topological polar surface area (TPSA) is 55.8 Å². The molecule has 0 fully saturated rings. The highest BCUT2D eigenvalue weighted by atomic mass is 16.5. The first-order valence-electron chi connectivity index (χ1n) is 13.3. The number of ketones is 2. The van der Waals surface area contributed by atoms with Crippen molar-refractivity contribution in [2.45, 2.75) is 71.8 Å². The average Bonchev–Trinajstić information content (AvgIpc) is 2.88. The Bertz CT molecular complexity index is 1190. The number of Topliss-reactive ketones (excluding diaryl/α,β-unsaturated/α-hetero) is 2. The minimum absolute atomic E-state index is 0.169. The van der Waals surface area contributed by atoms with Crippen molar-refractivity contribution in [2.75, 3.05) is 13.2 Å². The van der Waals surface area contributed by atoms with Crippen LogP contribution in [0.3, 0.4) is 0 Å². The first-order valence-corrected chi connectivity index (χ1v) is 13.3. The van der Waals surface area contributed by atoms with E-state index < -0.39 is 0 Å². The summed E-state index contributed by atoms with van der Waals surface area (Å²) >= 11 is 0. The zero-order valence-electron chi connectivity index (χ0n) is 21.6. The van der Waals surface area contributed by atoms with E-state index in [2.05, 4.69) is 43.0 Å². The van der Waals surface area contributed by atoms with Crippen LogP contribution in [0.1, 0.15) is 75.0 Å². The number of carbonyl (C=O) groups excluding carboxylic acids is 2. The molecule has 5 heteroatoms. The number of rotatable bonds is 7. The van der Waals surface area contributed by atoms with Crippen molar-refractivity contribution in [1.82, 2.24) is 4.90 Å². The van der Waals surface area contributed by atoms with E-state index in [-0.39, 0.29) is 17.5 Å². The van der Waals surface area contributed by atoms with Crippen molar-refractivity contribution in [3.05, 3.63) is 81.7 Å². The molecule has 188 valence electrons. The van der Waals surface area contributed by atoms with E-state index in [0.29, 0.717) is 37.6 Å². The van der Waals surface area contributed by atoms with Crippen LogP contribution in [0.4, 0.5) is 0 Å². The maximum absolute atomic E-state index is 13.3. The highest BCUT2D eigenvalue weighted by Gasteiger charge is 2.43. The molecule has 2 aliphatic carbocycles. The second-order valence-corrected chi connectivity index (χ2v) is 9.86. The molecule has 1 heterocycles. The van der Waals surface area contributed by atoms with Gasteiger partial charge in [-0.3, -0.25) is 9.59 Å². The normalized spacial score (nSPS) is 18.4. The second kappa shape index (κ2) is 10.3. The molecule has 1 aliphatic heterocycles. The van der Waals surface area contributed by atoms with E-state index >= 15 is 0 Å². The van der Waals surface area contributed by atoms with Crippen LogP contribution >= 0.6 is 0 Å². The lowest BCUT2D eigenvalue weighted by atomic mass is 9.71. The van der Waals surface area contributed by atoms with Crippen LogP contribution in [0, 0.1) is 6.92 Å². The van der Waals surface area contributed by atoms with Crippen molar-refractivity contribution >= 4 is 11.6 Å². The minimum Gasteiger partial charge on any atom is -0.490 e. The summed E-state index contributed by atoms with van der Waals surface area (Å²) in [5, 5.41) is 0. The van der Waals surface area contributed by atoms with Crippen LogP contribution in [-0.2, 0) is 16.2 Å². The number of aryl methyl sites for hydroxylation is 1. The molecule has 0 radical (unpaired) electrons. The lowest BCUT2D eigenvalue weighted by Gasteiger charge is -2.43. The van der Waals surface area contributed by atoms with Crippen LogP contribution in [-0.4, -0.2) is 29.6 Å². The van der Waals surface area contributed by atoms with Gasteiger partial charge in [-0.15, -0.1) is 0 Å². The number of hydrogen-bond acceptors (Lipinski definition) is 5. The molecule has 0 N–H and O–H groups in total. The number of allylic oxidation sites excluding steroid dienone is 4. The largest absolute Gasteiger partial charge is 0.490 e. The predicted octanol–water partition coefficient (Wildman–Crippen LogP) is 6.41. The van der Waals surface area contributed by atoms with Gasteiger partial charge in [-0.25, -0.2) is 0 Å². The van der Waals surface area contributed by atoms with Gasteiger partial charge in [0.15, 0.2) is 23.1 Å². The molecule has 2 aromatic rings. The molecule has 0 saturated carbocycles. The van der Waals surface area contributed by atoms with E-state index in [1.54, 1.807) is 0 Å². The molecule has 0 spiro atoms. The highest BCUT2D eigenvalue weighted by Crippen LogP contribution is 2.50. The number of ether oxygens (including phenoxy) is 2. The maximum atomic E-state index is 13.3. The molecule has 36 heavy (non-hydrogen) atoms. The summed E-state index contributed by atoms with van der Waals surface area (Å²) in [6, 6.07) is 14.2. The fourth-order valence-electron chi connectivity index (χ4n) is 5.87. The molecule has 0 bridgehead atoms. The Labute approximate surface area is 213 Å². The Hall–Kier alpha value is -3.34. The first kappa shape index (κ1) is 24.4. The monoisotopic (exact) mass is 485 g/mol. The third-order valence-corrected chi connectivity index (χ3v) is 7.52. The third kappa shape index (κ3) is 4.47. The molecular formula is C31H35NO4. The van der Waals surface area contributed by atoms with Crippen molar-refractivity contribution in [3.63, 3.8) is 0 Å². The number of carbonyl (C=O) groups is 2. The molecule has 0 aromatic heterocycles. The summed E-state index contributed by atoms with van der Waals surface area (Å²) in [5.74, 6) is 1.32. The van der Waals surface area contributed by atoms with E-state index in [1.165, 1.54) is 5.56 Å². The van der Waals surface area contributed by atoms with Crippen molar-refractivity contribution in [2.24, 2.45) is 0 Å². The molecule has 3 aliphatic rings. The standard InChI is InChI=1S/C31H35NO4/c1-4-32-23-8-6-10-25(33)30(23)29(31-24(32)9-7-11-26(31)34)22-16-17-27(28(18-22)35-5-2)36-19-21-14-12-20(3)13-15-21/h12-18,29H,4-11,19H2,1-3H3. The molecule has 5 nitrogen and oxygen atoms in total. The Balaban J connectivity index is 1.56. The number of benzene rings is 2. The van der Waals surface area contributed by atoms with Crippen LogP contribution in [0.25, 0.3) is 0 Å². The molecular weight excluding hydrogens is 450 g/mol. The Morgan fingerprint density at radius 3 is 2.03 bits per heavy atom. The zero-order valence-corrected chi connectivity index (χ0v) is 21.6. The quantitative estimate of drug-likeness (QED) is 0.454. The number of hydrogen-bond donors (Lipinski definition) is 0. The summed E-state index contributed by atoms with van der Waals surface area (Å²) in [6.07, 6.45) is 4.58. The average molecular weight is 486 g/mol. The highest BCUT2D eigenvalue weighted by molar-refractivity contribution is 6.06. The fourth-order valence-corrected chi connectivity index (χ4v) is 5.87. The van der Waals surface area contributed by atoms with E-state index in [1.807, 2.05) is 25.1 Å². The van der Waals surface area contributed by atoms with E-state index in [0.717, 1.165) is 65.9 Å². The van der Waals surface area contributed by atoms with Crippen LogP contribution in [0.15, 0.2) is 65.0 Å². The lowest BCUT2D eigenvalue weighted by molar-refractivity contribution is -0.117. The van der Waals surface area contributed by atoms with Gasteiger partial charge in [0.25, 0.3) is 0 Å². The summed E-state index contributed by atoms with van der Waals surface area (Å²) in [4.78, 5) is 28.9. The van der Waals surface area contributed by atoms with Gasteiger partial charge in [0, 0.05) is 47.8 Å². The van der Waals surface area contributed by atoms with Crippen molar-refractivity contribution in [1.29, 1.82) is 0 Å².